The van der Waals surface area contributed by atoms with Crippen molar-refractivity contribution >= 4 is 23.5 Å². The van der Waals surface area contributed by atoms with Gasteiger partial charge in [-0.2, -0.15) is 5.26 Å². The molecular weight excluding hydrogens is 350 g/mol. The van der Waals surface area contributed by atoms with Gasteiger partial charge >= 0.3 is 5.97 Å². The van der Waals surface area contributed by atoms with Crippen molar-refractivity contribution in [2.75, 3.05) is 24.7 Å². The smallest absolute Gasteiger partial charge is 0.326 e. The van der Waals surface area contributed by atoms with Crippen molar-refractivity contribution in [1.29, 1.82) is 5.26 Å². The van der Waals surface area contributed by atoms with Crippen LogP contribution in [0.15, 0.2) is 24.3 Å². The van der Waals surface area contributed by atoms with Crippen LogP contribution >= 0.6 is 0 Å². The Labute approximate surface area is 157 Å². The van der Waals surface area contributed by atoms with E-state index in [1.54, 1.807) is 31.2 Å². The van der Waals surface area contributed by atoms with E-state index in [1.807, 2.05) is 0 Å². The van der Waals surface area contributed by atoms with Gasteiger partial charge < -0.3 is 14.8 Å². The molecule has 142 valence electrons. The lowest BCUT2D eigenvalue weighted by Gasteiger charge is -2.23. The number of hydrogen-bond acceptors (Lipinski definition) is 6. The zero-order valence-corrected chi connectivity index (χ0v) is 15.1. The number of benzene rings is 1. The second kappa shape index (κ2) is 7.66. The van der Waals surface area contributed by atoms with Crippen LogP contribution in [0.4, 0.5) is 5.69 Å². The fourth-order valence-corrected chi connectivity index (χ4v) is 3.02. The van der Waals surface area contributed by atoms with Crippen LogP contribution in [-0.2, 0) is 19.1 Å². The standard InChI is InChI=1S/C19H21N3O5/c1-19(12-20,13-6-7-13)21-16(23)11-27-18(25)10-22-14-4-2-3-5-15(14)26-9-8-17(22)24/h2-5,13H,6-11H2,1H3,(H,21,23)/t19-/m0/s1. The highest BCUT2D eigenvalue weighted by Crippen LogP contribution is 2.39. The molecule has 0 aromatic heterocycles. The molecule has 0 bridgehead atoms. The van der Waals surface area contributed by atoms with Crippen molar-refractivity contribution < 1.29 is 23.9 Å². The summed E-state index contributed by atoms with van der Waals surface area (Å²) in [5.74, 6) is -0.853. The number of ether oxygens (including phenoxy) is 2. The summed E-state index contributed by atoms with van der Waals surface area (Å²) >= 11 is 0. The van der Waals surface area contributed by atoms with Gasteiger partial charge in [-0.1, -0.05) is 12.1 Å². The Morgan fingerprint density at radius 1 is 1.41 bits per heavy atom. The quantitative estimate of drug-likeness (QED) is 0.752. The third kappa shape index (κ3) is 4.37. The van der Waals surface area contributed by atoms with Crippen molar-refractivity contribution in [2.45, 2.75) is 31.7 Å². The number of amides is 2. The van der Waals surface area contributed by atoms with Gasteiger partial charge in [-0.05, 0) is 37.8 Å². The van der Waals surface area contributed by atoms with Gasteiger partial charge in [-0.15, -0.1) is 0 Å². The topological polar surface area (TPSA) is 109 Å². The number of rotatable bonds is 6. The molecule has 0 saturated heterocycles. The number of para-hydroxylation sites is 2. The molecule has 0 unspecified atom stereocenters. The van der Waals surface area contributed by atoms with E-state index < -0.39 is 24.0 Å². The molecule has 27 heavy (non-hydrogen) atoms. The van der Waals surface area contributed by atoms with Crippen molar-refractivity contribution in [1.82, 2.24) is 5.32 Å². The second-order valence-electron chi connectivity index (χ2n) is 6.84. The number of hydrogen-bond donors (Lipinski definition) is 1. The largest absolute Gasteiger partial charge is 0.491 e. The van der Waals surface area contributed by atoms with Gasteiger partial charge in [0.15, 0.2) is 6.61 Å². The van der Waals surface area contributed by atoms with Crippen molar-refractivity contribution in [3.05, 3.63) is 24.3 Å². The number of carbonyl (C=O) groups is 3. The predicted octanol–water partition coefficient (Wildman–Crippen LogP) is 1.15. The molecule has 1 aromatic rings. The molecule has 1 fully saturated rings. The molecule has 8 heteroatoms. The third-order valence-electron chi connectivity index (χ3n) is 4.71. The Morgan fingerprint density at radius 2 is 2.15 bits per heavy atom. The van der Waals surface area contributed by atoms with E-state index in [9.17, 15) is 19.6 Å². The summed E-state index contributed by atoms with van der Waals surface area (Å²) in [6, 6.07) is 9.04. The number of nitrogens with zero attached hydrogens (tertiary/aromatic N) is 2. The van der Waals surface area contributed by atoms with E-state index >= 15 is 0 Å². The first-order chi connectivity index (χ1) is 12.9. The molecule has 1 aliphatic heterocycles. The average Bonchev–Trinajstić information content (AvgIpc) is 3.50. The summed E-state index contributed by atoms with van der Waals surface area (Å²) in [6.45, 7) is 1.09. The van der Waals surface area contributed by atoms with Crippen LogP contribution in [0.5, 0.6) is 5.75 Å². The molecule has 1 aromatic carbocycles. The minimum atomic E-state index is -0.944. The molecular formula is C19H21N3O5. The zero-order chi connectivity index (χ0) is 19.4. The number of esters is 1. The van der Waals surface area contributed by atoms with E-state index in [1.165, 1.54) is 4.90 Å². The highest BCUT2D eigenvalue weighted by atomic mass is 16.5. The number of carbonyl (C=O) groups excluding carboxylic acids is 3. The van der Waals surface area contributed by atoms with Crippen LogP contribution < -0.4 is 15.0 Å². The van der Waals surface area contributed by atoms with Crippen LogP contribution in [0.3, 0.4) is 0 Å². The van der Waals surface area contributed by atoms with E-state index in [0.717, 1.165) is 12.8 Å². The molecule has 1 atom stereocenters. The Balaban J connectivity index is 1.57. The summed E-state index contributed by atoms with van der Waals surface area (Å²) in [5, 5.41) is 11.9. The van der Waals surface area contributed by atoms with Crippen LogP contribution in [-0.4, -0.2) is 43.1 Å². The first-order valence-corrected chi connectivity index (χ1v) is 8.83. The summed E-state index contributed by atoms with van der Waals surface area (Å²) in [5.41, 5.74) is -0.451. The number of fused-ring (bicyclic) bond motifs is 1. The minimum Gasteiger partial charge on any atom is -0.491 e. The number of anilines is 1. The average molecular weight is 371 g/mol. The molecule has 3 rings (SSSR count). The summed E-state index contributed by atoms with van der Waals surface area (Å²) < 4.78 is 10.5. The van der Waals surface area contributed by atoms with Gasteiger partial charge in [0.2, 0.25) is 5.91 Å². The van der Waals surface area contributed by atoms with Gasteiger partial charge in [-0.3, -0.25) is 19.3 Å². The summed E-state index contributed by atoms with van der Waals surface area (Å²) in [4.78, 5) is 37.8. The second-order valence-corrected chi connectivity index (χ2v) is 6.84. The molecule has 1 aliphatic carbocycles. The fraction of sp³-hybridized carbons (Fsp3) is 0.474. The Morgan fingerprint density at radius 3 is 2.85 bits per heavy atom. The van der Waals surface area contributed by atoms with Gasteiger partial charge in [0.25, 0.3) is 5.91 Å². The first-order valence-electron chi connectivity index (χ1n) is 8.83. The molecule has 2 amide bonds. The molecule has 0 spiro atoms. The van der Waals surface area contributed by atoms with Crippen molar-refractivity contribution in [2.24, 2.45) is 5.92 Å². The minimum absolute atomic E-state index is 0.133. The first kappa shape index (κ1) is 18.7. The van der Waals surface area contributed by atoms with Crippen LogP contribution in [0.1, 0.15) is 26.2 Å². The van der Waals surface area contributed by atoms with E-state index in [-0.39, 0.29) is 31.4 Å². The highest BCUT2D eigenvalue weighted by molar-refractivity contribution is 5.99. The predicted molar refractivity (Wildman–Crippen MR) is 94.8 cm³/mol. The number of nitriles is 1. The molecule has 1 heterocycles. The van der Waals surface area contributed by atoms with Crippen molar-refractivity contribution in [3.63, 3.8) is 0 Å². The highest BCUT2D eigenvalue weighted by Gasteiger charge is 2.43. The van der Waals surface area contributed by atoms with E-state index in [0.29, 0.717) is 11.4 Å². The maximum atomic E-state index is 12.3. The van der Waals surface area contributed by atoms with Crippen LogP contribution in [0.2, 0.25) is 0 Å². The Hall–Kier alpha value is -3.08. The Kier molecular flexibility index (Phi) is 5.31. The van der Waals surface area contributed by atoms with Gasteiger partial charge in [0.1, 0.15) is 17.8 Å². The maximum Gasteiger partial charge on any atom is 0.326 e. The SMILES string of the molecule is C[C@@](C#N)(NC(=O)COC(=O)CN1C(=O)CCOc2ccccc21)C1CC1. The summed E-state index contributed by atoms with van der Waals surface area (Å²) in [7, 11) is 0. The lowest BCUT2D eigenvalue weighted by atomic mass is 9.98. The fourth-order valence-electron chi connectivity index (χ4n) is 3.02. The molecule has 1 N–H and O–H groups in total. The lowest BCUT2D eigenvalue weighted by molar-refractivity contribution is -0.148. The number of nitrogens with one attached hydrogen (secondary N) is 1. The third-order valence-corrected chi connectivity index (χ3v) is 4.71. The van der Waals surface area contributed by atoms with Crippen molar-refractivity contribution in [3.8, 4) is 11.8 Å². The van der Waals surface area contributed by atoms with E-state index in [2.05, 4.69) is 11.4 Å². The molecule has 1 saturated carbocycles. The lowest BCUT2D eigenvalue weighted by Crippen LogP contribution is -2.48. The molecule has 8 nitrogen and oxygen atoms in total. The van der Waals surface area contributed by atoms with Crippen LogP contribution in [0.25, 0.3) is 0 Å². The molecule has 0 radical (unpaired) electrons. The normalized spacial score (nSPS) is 18.2. The molecule has 2 aliphatic rings. The Bertz CT molecular complexity index is 799. The van der Waals surface area contributed by atoms with Gasteiger partial charge in [0, 0.05) is 0 Å². The van der Waals surface area contributed by atoms with Gasteiger partial charge in [-0.25, -0.2) is 0 Å². The monoisotopic (exact) mass is 371 g/mol. The zero-order valence-electron chi connectivity index (χ0n) is 15.1. The van der Waals surface area contributed by atoms with Gasteiger partial charge in [0.05, 0.1) is 24.8 Å². The van der Waals surface area contributed by atoms with Crippen LogP contribution in [0, 0.1) is 17.2 Å². The van der Waals surface area contributed by atoms with E-state index in [4.69, 9.17) is 9.47 Å². The summed E-state index contributed by atoms with van der Waals surface area (Å²) in [6.07, 6.45) is 1.93. The maximum absolute atomic E-state index is 12.3.